The number of nitrogens with zero attached hydrogens (tertiary/aromatic N) is 2. The summed E-state index contributed by atoms with van der Waals surface area (Å²) >= 11 is 6.73. The monoisotopic (exact) mass is 472 g/mol. The number of hydrogen-bond acceptors (Lipinski definition) is 6. The van der Waals surface area contributed by atoms with Crippen LogP contribution in [0, 0.1) is 11.3 Å². The second kappa shape index (κ2) is 10.3. The molecule has 0 aliphatic carbocycles. The lowest BCUT2D eigenvalue weighted by Crippen LogP contribution is -2.27. The first kappa shape index (κ1) is 22.6. The normalized spacial score (nSPS) is 14.4. The summed E-state index contributed by atoms with van der Waals surface area (Å²) in [5, 5.41) is 9.25. The topological polar surface area (TPSA) is 62.6 Å². The summed E-state index contributed by atoms with van der Waals surface area (Å²) < 4.78 is 11.9. The third-order valence-corrected chi connectivity index (χ3v) is 6.44. The summed E-state index contributed by atoms with van der Waals surface area (Å²) in [6.07, 6.45) is 1.81. The molecule has 33 heavy (non-hydrogen) atoms. The van der Waals surface area contributed by atoms with Gasteiger partial charge in [0, 0.05) is 5.56 Å². The Morgan fingerprint density at radius 1 is 1.06 bits per heavy atom. The molecule has 0 saturated carbocycles. The number of ether oxygens (including phenoxy) is 2. The van der Waals surface area contributed by atoms with Crippen LogP contribution in [0.5, 0.6) is 11.5 Å². The second-order valence-electron chi connectivity index (χ2n) is 7.22. The molecular weight excluding hydrogens is 452 g/mol. The number of benzene rings is 3. The van der Waals surface area contributed by atoms with Gasteiger partial charge in [-0.3, -0.25) is 9.69 Å². The third kappa shape index (κ3) is 5.25. The summed E-state index contributed by atoms with van der Waals surface area (Å²) in [5.74, 6) is 0.984. The van der Waals surface area contributed by atoms with Crippen molar-refractivity contribution in [1.82, 2.24) is 4.90 Å². The molecule has 0 aromatic heterocycles. The predicted molar refractivity (Wildman–Crippen MR) is 134 cm³/mol. The average molecular weight is 473 g/mol. The van der Waals surface area contributed by atoms with Crippen LogP contribution in [0.4, 0.5) is 0 Å². The molecule has 0 atom stereocenters. The molecule has 0 spiro atoms. The SMILES string of the molecule is COc1cc(C=C2SC(=S)N(Cc3ccccc3)C2=O)ccc1OCc1ccccc1C#N. The highest BCUT2D eigenvalue weighted by atomic mass is 32.2. The van der Waals surface area contributed by atoms with Crippen molar-refractivity contribution >= 4 is 40.3 Å². The van der Waals surface area contributed by atoms with Crippen molar-refractivity contribution in [3.63, 3.8) is 0 Å². The van der Waals surface area contributed by atoms with Gasteiger partial charge in [-0.1, -0.05) is 78.6 Å². The number of nitriles is 1. The van der Waals surface area contributed by atoms with Gasteiger partial charge in [0.2, 0.25) is 0 Å². The van der Waals surface area contributed by atoms with Gasteiger partial charge in [0.25, 0.3) is 5.91 Å². The Morgan fingerprint density at radius 2 is 1.82 bits per heavy atom. The maximum Gasteiger partial charge on any atom is 0.266 e. The lowest BCUT2D eigenvalue weighted by Gasteiger charge is -2.14. The summed E-state index contributed by atoms with van der Waals surface area (Å²) in [5.41, 5.74) is 3.20. The highest BCUT2D eigenvalue weighted by Gasteiger charge is 2.32. The van der Waals surface area contributed by atoms with E-state index in [0.717, 1.165) is 16.7 Å². The zero-order chi connectivity index (χ0) is 23.2. The molecule has 5 nitrogen and oxygen atoms in total. The number of hydrogen-bond donors (Lipinski definition) is 0. The van der Waals surface area contributed by atoms with E-state index in [1.807, 2.05) is 66.7 Å². The summed E-state index contributed by atoms with van der Waals surface area (Å²) in [6, 6.07) is 24.7. The molecule has 0 unspecified atom stereocenters. The molecule has 1 amide bonds. The Labute approximate surface area is 202 Å². The van der Waals surface area contributed by atoms with Gasteiger partial charge in [-0.2, -0.15) is 5.26 Å². The van der Waals surface area contributed by atoms with Crippen LogP contribution in [-0.4, -0.2) is 22.2 Å². The smallest absolute Gasteiger partial charge is 0.266 e. The van der Waals surface area contributed by atoms with Crippen molar-refractivity contribution in [2.24, 2.45) is 0 Å². The highest BCUT2D eigenvalue weighted by molar-refractivity contribution is 8.26. The van der Waals surface area contributed by atoms with Gasteiger partial charge in [-0.15, -0.1) is 0 Å². The van der Waals surface area contributed by atoms with Crippen molar-refractivity contribution < 1.29 is 14.3 Å². The van der Waals surface area contributed by atoms with Gasteiger partial charge in [-0.25, -0.2) is 0 Å². The number of carbonyl (C=O) groups excluding carboxylic acids is 1. The first-order chi connectivity index (χ1) is 16.1. The predicted octanol–water partition coefficient (Wildman–Crippen LogP) is 5.55. The Balaban J connectivity index is 1.50. The van der Waals surface area contributed by atoms with E-state index in [0.29, 0.717) is 32.8 Å². The van der Waals surface area contributed by atoms with Gasteiger partial charge < -0.3 is 9.47 Å². The van der Waals surface area contributed by atoms with Gasteiger partial charge >= 0.3 is 0 Å². The van der Waals surface area contributed by atoms with Crippen molar-refractivity contribution in [1.29, 1.82) is 5.26 Å². The van der Waals surface area contributed by atoms with Crippen LogP contribution in [0.2, 0.25) is 0 Å². The van der Waals surface area contributed by atoms with Crippen LogP contribution in [0.1, 0.15) is 22.3 Å². The molecule has 1 aliphatic heterocycles. The Hall–Kier alpha value is -3.60. The van der Waals surface area contributed by atoms with Gasteiger partial charge in [0.05, 0.1) is 30.2 Å². The van der Waals surface area contributed by atoms with Crippen LogP contribution >= 0.6 is 24.0 Å². The third-order valence-electron chi connectivity index (χ3n) is 5.06. The first-order valence-electron chi connectivity index (χ1n) is 10.2. The van der Waals surface area contributed by atoms with Crippen molar-refractivity contribution in [2.45, 2.75) is 13.2 Å². The summed E-state index contributed by atoms with van der Waals surface area (Å²) in [6.45, 7) is 0.695. The molecule has 3 aromatic rings. The molecule has 1 heterocycles. The fourth-order valence-corrected chi connectivity index (χ4v) is 4.61. The number of thiocarbonyl (C=S) groups is 1. The lowest BCUT2D eigenvalue weighted by atomic mass is 10.1. The van der Waals surface area contributed by atoms with E-state index in [1.54, 1.807) is 24.1 Å². The van der Waals surface area contributed by atoms with E-state index < -0.39 is 0 Å². The van der Waals surface area contributed by atoms with Crippen LogP contribution in [-0.2, 0) is 17.9 Å². The summed E-state index contributed by atoms with van der Waals surface area (Å²) in [7, 11) is 1.56. The Kier molecular flexibility index (Phi) is 7.08. The van der Waals surface area contributed by atoms with Gasteiger partial charge in [0.15, 0.2) is 11.5 Å². The van der Waals surface area contributed by atoms with Gasteiger partial charge in [0.1, 0.15) is 10.9 Å². The molecule has 0 radical (unpaired) electrons. The van der Waals surface area contributed by atoms with E-state index in [1.165, 1.54) is 11.8 Å². The maximum atomic E-state index is 12.9. The molecule has 1 aliphatic rings. The Bertz CT molecular complexity index is 1270. The molecule has 1 saturated heterocycles. The van der Waals surface area contributed by atoms with Gasteiger partial charge in [-0.05, 0) is 35.4 Å². The number of methoxy groups -OCH3 is 1. The minimum Gasteiger partial charge on any atom is -0.493 e. The molecule has 1 fully saturated rings. The van der Waals surface area contributed by atoms with Crippen molar-refractivity contribution in [3.8, 4) is 17.6 Å². The van der Waals surface area contributed by atoms with Crippen LogP contribution in [0.15, 0.2) is 77.7 Å². The second-order valence-corrected chi connectivity index (χ2v) is 8.90. The maximum absolute atomic E-state index is 12.9. The number of amides is 1. The van der Waals surface area contributed by atoms with E-state index in [4.69, 9.17) is 21.7 Å². The molecule has 164 valence electrons. The van der Waals surface area contributed by atoms with E-state index >= 15 is 0 Å². The molecular formula is C26H20N2O3S2. The number of rotatable bonds is 7. The standard InChI is InChI=1S/C26H20N2O3S2/c1-30-23-13-19(11-12-22(23)31-17-21-10-6-5-9-20(21)15-27)14-24-25(29)28(26(32)33-24)16-18-7-3-2-4-8-18/h2-14H,16-17H2,1H3. The molecule has 7 heteroatoms. The molecule has 0 bridgehead atoms. The molecule has 0 N–H and O–H groups in total. The first-order valence-corrected chi connectivity index (χ1v) is 11.4. The van der Waals surface area contributed by atoms with Crippen LogP contribution < -0.4 is 9.47 Å². The zero-order valence-electron chi connectivity index (χ0n) is 17.9. The number of carbonyl (C=O) groups is 1. The van der Waals surface area contributed by atoms with E-state index in [-0.39, 0.29) is 12.5 Å². The average Bonchev–Trinajstić information content (AvgIpc) is 3.11. The van der Waals surface area contributed by atoms with Crippen LogP contribution in [0.25, 0.3) is 6.08 Å². The van der Waals surface area contributed by atoms with Crippen molar-refractivity contribution in [2.75, 3.05) is 7.11 Å². The Morgan fingerprint density at radius 3 is 2.58 bits per heavy atom. The van der Waals surface area contributed by atoms with Crippen LogP contribution in [0.3, 0.4) is 0 Å². The highest BCUT2D eigenvalue weighted by Crippen LogP contribution is 2.35. The minimum atomic E-state index is -0.110. The number of thioether (sulfide) groups is 1. The lowest BCUT2D eigenvalue weighted by molar-refractivity contribution is -0.122. The van der Waals surface area contributed by atoms with E-state index in [9.17, 15) is 10.1 Å². The fourth-order valence-electron chi connectivity index (χ4n) is 3.36. The zero-order valence-corrected chi connectivity index (χ0v) is 19.5. The molecule has 4 rings (SSSR count). The van der Waals surface area contributed by atoms with E-state index in [2.05, 4.69) is 6.07 Å². The quantitative estimate of drug-likeness (QED) is 0.332. The fraction of sp³-hybridized carbons (Fsp3) is 0.115. The largest absolute Gasteiger partial charge is 0.493 e. The molecule has 3 aromatic carbocycles. The summed E-state index contributed by atoms with van der Waals surface area (Å²) in [4.78, 5) is 15.1. The van der Waals surface area contributed by atoms with Crippen molar-refractivity contribution in [3.05, 3.63) is 100.0 Å². The minimum absolute atomic E-state index is 0.110.